The molecule has 0 saturated heterocycles. The molecule has 1 fully saturated rings. The molecule has 3 atom stereocenters. The first-order valence-electron chi connectivity index (χ1n) is 6.43. The maximum Gasteiger partial charge on any atom is 0.329 e. The van der Waals surface area contributed by atoms with E-state index in [1.54, 1.807) is 0 Å². The van der Waals surface area contributed by atoms with Gasteiger partial charge in [-0.3, -0.25) is 4.79 Å². The van der Waals surface area contributed by atoms with Gasteiger partial charge in [0.2, 0.25) is 6.41 Å². The van der Waals surface area contributed by atoms with Crippen molar-refractivity contribution < 1.29 is 14.7 Å². The SMILES string of the molecule is CCCN(C=O)C1(C(=O)O)CCC(C)C(C)C1. The molecule has 0 bridgehead atoms. The zero-order valence-electron chi connectivity index (χ0n) is 11.0. The predicted molar refractivity (Wildman–Crippen MR) is 65.6 cm³/mol. The molecule has 0 spiro atoms. The Morgan fingerprint density at radius 2 is 2.12 bits per heavy atom. The second-order valence-electron chi connectivity index (χ2n) is 5.33. The zero-order valence-corrected chi connectivity index (χ0v) is 11.0. The molecule has 1 N–H and O–H groups in total. The molecule has 4 heteroatoms. The summed E-state index contributed by atoms with van der Waals surface area (Å²) < 4.78 is 0. The topological polar surface area (TPSA) is 57.6 Å². The minimum atomic E-state index is -0.969. The number of carboxylic acids is 1. The summed E-state index contributed by atoms with van der Waals surface area (Å²) in [6.07, 6.45) is 3.52. The molecule has 17 heavy (non-hydrogen) atoms. The molecule has 3 unspecified atom stereocenters. The lowest BCUT2D eigenvalue weighted by atomic mass is 9.70. The molecule has 0 aromatic carbocycles. The standard InChI is InChI=1S/C13H23NO3/c1-4-7-14(9-15)13(12(16)17)6-5-10(2)11(3)8-13/h9-11H,4-8H2,1-3H3,(H,16,17). The molecule has 1 amide bonds. The van der Waals surface area contributed by atoms with Gasteiger partial charge in [-0.25, -0.2) is 4.79 Å². The summed E-state index contributed by atoms with van der Waals surface area (Å²) in [6.45, 7) is 6.72. The second kappa shape index (κ2) is 5.52. The summed E-state index contributed by atoms with van der Waals surface area (Å²) in [4.78, 5) is 24.3. The number of nitrogens with zero attached hydrogens (tertiary/aromatic N) is 1. The molecule has 0 aromatic rings. The minimum absolute atomic E-state index is 0.346. The van der Waals surface area contributed by atoms with E-state index in [0.717, 1.165) is 12.8 Å². The molecule has 0 radical (unpaired) electrons. The first kappa shape index (κ1) is 14.0. The van der Waals surface area contributed by atoms with E-state index in [1.165, 1.54) is 4.90 Å². The summed E-state index contributed by atoms with van der Waals surface area (Å²) in [5, 5.41) is 9.52. The van der Waals surface area contributed by atoms with Crippen LogP contribution in [0.3, 0.4) is 0 Å². The van der Waals surface area contributed by atoms with Crippen molar-refractivity contribution in [3.63, 3.8) is 0 Å². The van der Waals surface area contributed by atoms with Crippen LogP contribution in [0.2, 0.25) is 0 Å². The first-order chi connectivity index (χ1) is 7.97. The fraction of sp³-hybridized carbons (Fsp3) is 0.846. The van der Waals surface area contributed by atoms with Crippen molar-refractivity contribution in [2.24, 2.45) is 11.8 Å². The van der Waals surface area contributed by atoms with Gasteiger partial charge in [0, 0.05) is 6.54 Å². The van der Waals surface area contributed by atoms with Crippen molar-refractivity contribution in [3.8, 4) is 0 Å². The second-order valence-corrected chi connectivity index (χ2v) is 5.33. The predicted octanol–water partition coefficient (Wildman–Crippen LogP) is 2.13. The summed E-state index contributed by atoms with van der Waals surface area (Å²) in [5.41, 5.74) is -0.969. The van der Waals surface area contributed by atoms with E-state index in [2.05, 4.69) is 13.8 Å². The maximum absolute atomic E-state index is 11.6. The Balaban J connectivity index is 2.97. The van der Waals surface area contributed by atoms with Gasteiger partial charge >= 0.3 is 5.97 Å². The van der Waals surface area contributed by atoms with Crippen molar-refractivity contribution in [1.29, 1.82) is 0 Å². The van der Waals surface area contributed by atoms with E-state index in [-0.39, 0.29) is 0 Å². The summed E-state index contributed by atoms with van der Waals surface area (Å²) >= 11 is 0. The van der Waals surface area contributed by atoms with Crippen LogP contribution >= 0.6 is 0 Å². The van der Waals surface area contributed by atoms with E-state index in [0.29, 0.717) is 37.6 Å². The molecule has 0 heterocycles. The van der Waals surface area contributed by atoms with E-state index in [1.807, 2.05) is 6.92 Å². The highest BCUT2D eigenvalue weighted by molar-refractivity contribution is 5.81. The van der Waals surface area contributed by atoms with Crippen molar-refractivity contribution in [2.75, 3.05) is 6.54 Å². The normalized spacial score (nSPS) is 33.1. The van der Waals surface area contributed by atoms with Gasteiger partial charge in [-0.1, -0.05) is 20.8 Å². The molecule has 4 nitrogen and oxygen atoms in total. The molecule has 1 saturated carbocycles. The Morgan fingerprint density at radius 3 is 2.53 bits per heavy atom. The zero-order chi connectivity index (χ0) is 13.1. The molecular formula is C13H23NO3. The van der Waals surface area contributed by atoms with Crippen LogP contribution in [0.5, 0.6) is 0 Å². The monoisotopic (exact) mass is 241 g/mol. The number of amides is 1. The first-order valence-corrected chi connectivity index (χ1v) is 6.43. The number of carboxylic acid groups (broad SMARTS) is 1. The number of carbonyl (C=O) groups excluding carboxylic acids is 1. The van der Waals surface area contributed by atoms with Gasteiger partial charge in [-0.2, -0.15) is 0 Å². The summed E-state index contributed by atoms with van der Waals surface area (Å²) in [6, 6.07) is 0. The van der Waals surface area contributed by atoms with Crippen molar-refractivity contribution >= 4 is 12.4 Å². The maximum atomic E-state index is 11.6. The van der Waals surface area contributed by atoms with Gasteiger partial charge in [0.25, 0.3) is 0 Å². The fourth-order valence-electron chi connectivity index (χ4n) is 2.77. The van der Waals surface area contributed by atoms with Crippen molar-refractivity contribution in [2.45, 2.75) is 52.0 Å². The van der Waals surface area contributed by atoms with Gasteiger partial charge in [0.05, 0.1) is 0 Å². The largest absolute Gasteiger partial charge is 0.479 e. The van der Waals surface area contributed by atoms with Gasteiger partial charge in [0.15, 0.2) is 0 Å². The van der Waals surface area contributed by atoms with Crippen LogP contribution in [0, 0.1) is 11.8 Å². The Hall–Kier alpha value is -1.06. The van der Waals surface area contributed by atoms with Crippen LogP contribution in [-0.2, 0) is 9.59 Å². The molecular weight excluding hydrogens is 218 g/mol. The Morgan fingerprint density at radius 1 is 1.47 bits per heavy atom. The molecule has 1 aliphatic carbocycles. The van der Waals surface area contributed by atoms with Crippen LogP contribution in [0.15, 0.2) is 0 Å². The van der Waals surface area contributed by atoms with Crippen molar-refractivity contribution in [3.05, 3.63) is 0 Å². The van der Waals surface area contributed by atoms with Gasteiger partial charge in [0.1, 0.15) is 5.54 Å². The van der Waals surface area contributed by atoms with Crippen LogP contribution in [0.25, 0.3) is 0 Å². The Bertz CT molecular complexity index is 292. The van der Waals surface area contributed by atoms with E-state index >= 15 is 0 Å². The summed E-state index contributed by atoms with van der Waals surface area (Å²) in [5.74, 6) is 0.0357. The van der Waals surface area contributed by atoms with Crippen LogP contribution in [-0.4, -0.2) is 34.5 Å². The third kappa shape index (κ3) is 2.61. The van der Waals surface area contributed by atoms with Crippen molar-refractivity contribution in [1.82, 2.24) is 4.90 Å². The number of aliphatic carboxylic acids is 1. The van der Waals surface area contributed by atoms with E-state index in [4.69, 9.17) is 0 Å². The molecule has 1 aliphatic rings. The highest BCUT2D eigenvalue weighted by Crippen LogP contribution is 2.39. The van der Waals surface area contributed by atoms with E-state index in [9.17, 15) is 14.7 Å². The lowest BCUT2D eigenvalue weighted by Gasteiger charge is -2.45. The lowest BCUT2D eigenvalue weighted by Crippen LogP contribution is -2.57. The smallest absolute Gasteiger partial charge is 0.329 e. The number of hydrogen-bond donors (Lipinski definition) is 1. The molecule has 1 rings (SSSR count). The summed E-state index contributed by atoms with van der Waals surface area (Å²) in [7, 11) is 0. The third-order valence-electron chi connectivity index (χ3n) is 4.18. The third-order valence-corrected chi connectivity index (χ3v) is 4.18. The average molecular weight is 241 g/mol. The fourth-order valence-corrected chi connectivity index (χ4v) is 2.77. The van der Waals surface area contributed by atoms with E-state index < -0.39 is 11.5 Å². The number of rotatable bonds is 5. The quantitative estimate of drug-likeness (QED) is 0.750. The highest BCUT2D eigenvalue weighted by Gasteiger charge is 2.47. The Labute approximate surface area is 103 Å². The molecule has 0 aliphatic heterocycles. The minimum Gasteiger partial charge on any atom is -0.479 e. The molecule has 98 valence electrons. The van der Waals surface area contributed by atoms with Gasteiger partial charge in [-0.05, 0) is 37.5 Å². The van der Waals surface area contributed by atoms with Crippen LogP contribution < -0.4 is 0 Å². The van der Waals surface area contributed by atoms with Gasteiger partial charge in [-0.15, -0.1) is 0 Å². The number of carbonyl (C=O) groups is 2. The van der Waals surface area contributed by atoms with Crippen LogP contribution in [0.1, 0.15) is 46.5 Å². The van der Waals surface area contributed by atoms with Crippen LogP contribution in [0.4, 0.5) is 0 Å². The number of hydrogen-bond acceptors (Lipinski definition) is 2. The van der Waals surface area contributed by atoms with Gasteiger partial charge < -0.3 is 10.0 Å². The highest BCUT2D eigenvalue weighted by atomic mass is 16.4. The Kier molecular flexibility index (Phi) is 4.54. The lowest BCUT2D eigenvalue weighted by molar-refractivity contribution is -0.160. The average Bonchev–Trinajstić information content (AvgIpc) is 2.29. The molecule has 0 aromatic heterocycles.